The monoisotopic (exact) mass is 261 g/mol. The van der Waals surface area contributed by atoms with Crippen LogP contribution in [0.2, 0.25) is 0 Å². The van der Waals surface area contributed by atoms with E-state index < -0.39 is 0 Å². The maximum absolute atomic E-state index is 6.42. The van der Waals surface area contributed by atoms with Gasteiger partial charge in [0.15, 0.2) is 4.96 Å². The number of nitrogens with zero attached hydrogens (tertiary/aromatic N) is 2. The van der Waals surface area contributed by atoms with Crippen molar-refractivity contribution in [3.05, 3.63) is 23.5 Å². The number of rotatable bonds is 3. The summed E-state index contributed by atoms with van der Waals surface area (Å²) in [5.41, 5.74) is 7.58. The van der Waals surface area contributed by atoms with E-state index in [1.807, 2.05) is 0 Å². The molecule has 2 N–H and O–H groups in total. The van der Waals surface area contributed by atoms with Gasteiger partial charge in [-0.3, -0.25) is 4.40 Å². The number of thiazole rings is 1. The number of hydrogen-bond donors (Lipinski definition) is 1. The molecule has 4 rings (SSSR count). The lowest BCUT2D eigenvalue weighted by atomic mass is 10.0. The van der Waals surface area contributed by atoms with Gasteiger partial charge in [-0.1, -0.05) is 12.8 Å². The van der Waals surface area contributed by atoms with E-state index >= 15 is 0 Å². The minimum absolute atomic E-state index is 0.322. The van der Waals surface area contributed by atoms with Crippen LogP contribution in [0.25, 0.3) is 4.96 Å². The predicted molar refractivity (Wildman–Crippen MR) is 73.7 cm³/mol. The van der Waals surface area contributed by atoms with Crippen molar-refractivity contribution >= 4 is 16.3 Å². The molecule has 18 heavy (non-hydrogen) atoms. The van der Waals surface area contributed by atoms with Crippen molar-refractivity contribution in [1.82, 2.24) is 9.38 Å². The summed E-state index contributed by atoms with van der Waals surface area (Å²) in [6.45, 7) is 0. The van der Waals surface area contributed by atoms with Gasteiger partial charge in [0, 0.05) is 30.2 Å². The summed E-state index contributed by atoms with van der Waals surface area (Å²) in [5, 5.41) is 2.07. The van der Waals surface area contributed by atoms with Crippen LogP contribution in [0.3, 0.4) is 0 Å². The molecule has 2 aliphatic carbocycles. The zero-order chi connectivity index (χ0) is 12.1. The molecule has 96 valence electrons. The van der Waals surface area contributed by atoms with Crippen LogP contribution in [0.4, 0.5) is 0 Å². The van der Waals surface area contributed by atoms with Crippen molar-refractivity contribution in [2.45, 2.75) is 38.1 Å². The third-order valence-electron chi connectivity index (χ3n) is 4.81. The number of imidazole rings is 1. The van der Waals surface area contributed by atoms with Crippen molar-refractivity contribution in [2.75, 3.05) is 0 Å². The Balaban J connectivity index is 1.46. The van der Waals surface area contributed by atoms with Gasteiger partial charge in [0.2, 0.25) is 0 Å². The molecule has 2 aromatic heterocycles. The molecule has 3 unspecified atom stereocenters. The average molecular weight is 261 g/mol. The van der Waals surface area contributed by atoms with Gasteiger partial charge in [0.05, 0.1) is 5.69 Å². The van der Waals surface area contributed by atoms with Crippen molar-refractivity contribution in [1.29, 1.82) is 0 Å². The lowest BCUT2D eigenvalue weighted by Crippen LogP contribution is -2.27. The molecule has 4 heteroatoms. The first-order valence-electron chi connectivity index (χ1n) is 6.99. The van der Waals surface area contributed by atoms with Crippen LogP contribution in [0.5, 0.6) is 0 Å². The second-order valence-corrected chi connectivity index (χ2v) is 6.76. The van der Waals surface area contributed by atoms with Crippen molar-refractivity contribution in [3.8, 4) is 0 Å². The maximum Gasteiger partial charge on any atom is 0.193 e. The normalized spacial score (nSPS) is 32.4. The van der Waals surface area contributed by atoms with Gasteiger partial charge in [0.1, 0.15) is 0 Å². The minimum Gasteiger partial charge on any atom is -0.327 e. The van der Waals surface area contributed by atoms with Gasteiger partial charge in [-0.15, -0.1) is 11.3 Å². The van der Waals surface area contributed by atoms with E-state index in [0.29, 0.717) is 6.04 Å². The van der Waals surface area contributed by atoms with E-state index in [4.69, 9.17) is 5.73 Å². The Hall–Kier alpha value is -0.870. The molecular weight excluding hydrogens is 242 g/mol. The van der Waals surface area contributed by atoms with Crippen molar-refractivity contribution in [3.63, 3.8) is 0 Å². The molecule has 0 aliphatic heterocycles. The molecule has 2 heterocycles. The maximum atomic E-state index is 6.42. The number of nitrogens with two attached hydrogens (primary N) is 1. The van der Waals surface area contributed by atoms with Crippen LogP contribution < -0.4 is 5.73 Å². The molecule has 3 nitrogen and oxygen atoms in total. The molecule has 2 aliphatic rings. The third kappa shape index (κ3) is 1.70. The second kappa shape index (κ2) is 4.07. The fourth-order valence-electron chi connectivity index (χ4n) is 3.93. The largest absolute Gasteiger partial charge is 0.327 e. The molecule has 0 aromatic carbocycles. The summed E-state index contributed by atoms with van der Waals surface area (Å²) in [4.78, 5) is 5.73. The van der Waals surface area contributed by atoms with E-state index in [-0.39, 0.29) is 0 Å². The quantitative estimate of drug-likeness (QED) is 0.923. The lowest BCUT2D eigenvalue weighted by molar-refractivity contribution is 0.480. The van der Waals surface area contributed by atoms with E-state index in [2.05, 4.69) is 27.2 Å². The van der Waals surface area contributed by atoms with Crippen molar-refractivity contribution in [2.24, 2.45) is 23.5 Å². The zero-order valence-corrected chi connectivity index (χ0v) is 11.3. The highest BCUT2D eigenvalue weighted by Crippen LogP contribution is 2.56. The van der Waals surface area contributed by atoms with Crippen LogP contribution in [0.1, 0.15) is 31.4 Å². The number of fused-ring (bicyclic) bond motifs is 2. The van der Waals surface area contributed by atoms with E-state index in [0.717, 1.165) is 34.8 Å². The molecule has 0 spiro atoms. The first kappa shape index (κ1) is 11.0. The standard InChI is InChI=1S/C14H19N3S/c15-12(13-10-3-1-2-4-11(10)13)7-9-8-17-5-6-18-14(17)16-9/h5-6,8,10-13H,1-4,7,15H2. The summed E-state index contributed by atoms with van der Waals surface area (Å²) in [5.74, 6) is 2.67. The summed E-state index contributed by atoms with van der Waals surface area (Å²) >= 11 is 1.69. The summed E-state index contributed by atoms with van der Waals surface area (Å²) in [6, 6.07) is 0.322. The molecule has 0 bridgehead atoms. The predicted octanol–water partition coefficient (Wildman–Crippen LogP) is 2.70. The Morgan fingerprint density at radius 2 is 2.17 bits per heavy atom. The van der Waals surface area contributed by atoms with Crippen LogP contribution in [-0.2, 0) is 6.42 Å². The molecular formula is C14H19N3S. The highest BCUT2D eigenvalue weighted by atomic mass is 32.1. The van der Waals surface area contributed by atoms with E-state index in [9.17, 15) is 0 Å². The molecule has 0 radical (unpaired) electrons. The van der Waals surface area contributed by atoms with Crippen LogP contribution in [-0.4, -0.2) is 15.4 Å². The Morgan fingerprint density at radius 3 is 2.89 bits per heavy atom. The summed E-state index contributed by atoms with van der Waals surface area (Å²) in [7, 11) is 0. The topological polar surface area (TPSA) is 43.3 Å². The summed E-state index contributed by atoms with van der Waals surface area (Å²) in [6.07, 6.45) is 10.8. The first-order valence-corrected chi connectivity index (χ1v) is 7.87. The molecule has 3 atom stereocenters. The SMILES string of the molecule is NC(Cc1cn2ccsc2n1)C1C2CCCCC21. The van der Waals surface area contributed by atoms with Crippen LogP contribution in [0.15, 0.2) is 17.8 Å². The smallest absolute Gasteiger partial charge is 0.193 e. The fourth-order valence-corrected chi connectivity index (χ4v) is 4.65. The van der Waals surface area contributed by atoms with Gasteiger partial charge in [-0.25, -0.2) is 4.98 Å². The molecule has 0 amide bonds. The highest BCUT2D eigenvalue weighted by Gasteiger charge is 2.52. The van der Waals surface area contributed by atoms with Crippen LogP contribution in [0, 0.1) is 17.8 Å². The fraction of sp³-hybridized carbons (Fsp3) is 0.643. The van der Waals surface area contributed by atoms with Gasteiger partial charge in [-0.2, -0.15) is 0 Å². The van der Waals surface area contributed by atoms with Crippen LogP contribution >= 0.6 is 11.3 Å². The Morgan fingerprint density at radius 1 is 1.39 bits per heavy atom. The second-order valence-electron chi connectivity index (χ2n) is 5.88. The number of hydrogen-bond acceptors (Lipinski definition) is 3. The van der Waals surface area contributed by atoms with Crippen molar-refractivity contribution < 1.29 is 0 Å². The van der Waals surface area contributed by atoms with E-state index in [1.54, 1.807) is 11.3 Å². The molecule has 2 saturated carbocycles. The minimum atomic E-state index is 0.322. The lowest BCUT2D eigenvalue weighted by Gasteiger charge is -2.09. The molecule has 0 saturated heterocycles. The Labute approximate surface area is 111 Å². The zero-order valence-electron chi connectivity index (χ0n) is 10.5. The Kier molecular flexibility index (Phi) is 2.49. The first-order chi connectivity index (χ1) is 8.83. The molecule has 2 fully saturated rings. The van der Waals surface area contributed by atoms with Gasteiger partial charge in [-0.05, 0) is 30.6 Å². The van der Waals surface area contributed by atoms with Gasteiger partial charge < -0.3 is 5.73 Å². The summed E-state index contributed by atoms with van der Waals surface area (Å²) < 4.78 is 2.10. The average Bonchev–Trinajstić information content (AvgIpc) is 2.73. The van der Waals surface area contributed by atoms with E-state index in [1.165, 1.54) is 25.7 Å². The van der Waals surface area contributed by atoms with Gasteiger partial charge in [0.25, 0.3) is 0 Å². The third-order valence-corrected chi connectivity index (χ3v) is 5.58. The van der Waals surface area contributed by atoms with Gasteiger partial charge >= 0.3 is 0 Å². The Bertz CT molecular complexity index is 518. The number of aromatic nitrogens is 2. The highest BCUT2D eigenvalue weighted by molar-refractivity contribution is 7.15. The molecule has 2 aromatic rings.